The van der Waals surface area contributed by atoms with Crippen LogP contribution < -0.4 is 14.4 Å². The van der Waals surface area contributed by atoms with Crippen molar-refractivity contribution in [2.75, 3.05) is 44.9 Å². The molecule has 196 valence electrons. The first kappa shape index (κ1) is 25.5. The average molecular weight is 526 g/mol. The molecule has 0 N–H and O–H groups in total. The van der Waals surface area contributed by atoms with Crippen molar-refractivity contribution in [2.45, 2.75) is 30.6 Å². The molecule has 0 spiro atoms. The summed E-state index contributed by atoms with van der Waals surface area (Å²) in [6, 6.07) is 16.6. The van der Waals surface area contributed by atoms with Crippen molar-refractivity contribution in [1.29, 1.82) is 0 Å². The van der Waals surface area contributed by atoms with E-state index >= 15 is 0 Å². The van der Waals surface area contributed by atoms with Crippen LogP contribution in [0.25, 0.3) is 0 Å². The van der Waals surface area contributed by atoms with Crippen LogP contribution in [-0.2, 0) is 26.0 Å². The zero-order valence-electron chi connectivity index (χ0n) is 20.8. The van der Waals surface area contributed by atoms with Crippen LogP contribution in [0.2, 0.25) is 0 Å². The number of aromatic nitrogens is 1. The van der Waals surface area contributed by atoms with Crippen molar-refractivity contribution in [3.05, 3.63) is 72.6 Å². The number of ether oxygens (including phenoxy) is 4. The number of hydrogen-bond donors (Lipinski definition) is 0. The highest BCUT2D eigenvalue weighted by molar-refractivity contribution is 7.89. The predicted molar refractivity (Wildman–Crippen MR) is 139 cm³/mol. The zero-order valence-corrected chi connectivity index (χ0v) is 21.6. The highest BCUT2D eigenvalue weighted by Crippen LogP contribution is 2.37. The molecule has 2 aliphatic heterocycles. The van der Waals surface area contributed by atoms with E-state index in [0.717, 1.165) is 29.8 Å². The maximum atomic E-state index is 13.1. The second-order valence-corrected chi connectivity index (χ2v) is 10.8. The van der Waals surface area contributed by atoms with Crippen molar-refractivity contribution in [2.24, 2.45) is 0 Å². The summed E-state index contributed by atoms with van der Waals surface area (Å²) in [5, 5.41) is 0. The monoisotopic (exact) mass is 525 g/mol. The fourth-order valence-corrected chi connectivity index (χ4v) is 5.86. The summed E-state index contributed by atoms with van der Waals surface area (Å²) in [7, 11) is -1.97. The lowest BCUT2D eigenvalue weighted by Gasteiger charge is -2.28. The Morgan fingerprint density at radius 2 is 1.81 bits per heavy atom. The molecule has 3 aromatic rings. The Bertz CT molecular complexity index is 1280. The molecular formula is C27H31N3O6S. The molecule has 1 unspecified atom stereocenters. The van der Waals surface area contributed by atoms with Gasteiger partial charge in [0.15, 0.2) is 17.8 Å². The minimum absolute atomic E-state index is 0.261. The summed E-state index contributed by atoms with van der Waals surface area (Å²) in [6.07, 6.45) is 5.03. The van der Waals surface area contributed by atoms with Crippen LogP contribution in [0.4, 0.5) is 11.4 Å². The Kier molecular flexibility index (Phi) is 7.90. The van der Waals surface area contributed by atoms with Gasteiger partial charge in [0.1, 0.15) is 0 Å². The summed E-state index contributed by atoms with van der Waals surface area (Å²) in [4.78, 5) is 6.60. The summed E-state index contributed by atoms with van der Waals surface area (Å²) in [5.41, 5.74) is 2.70. The Morgan fingerprint density at radius 1 is 1.03 bits per heavy atom. The maximum absolute atomic E-state index is 13.1. The van der Waals surface area contributed by atoms with E-state index in [4.69, 9.17) is 18.9 Å². The largest absolute Gasteiger partial charge is 0.493 e. The molecule has 37 heavy (non-hydrogen) atoms. The Labute approximate surface area is 217 Å². The van der Waals surface area contributed by atoms with Gasteiger partial charge in [-0.1, -0.05) is 6.07 Å². The number of morpholine rings is 1. The maximum Gasteiger partial charge on any atom is 0.243 e. The number of benzene rings is 2. The van der Waals surface area contributed by atoms with E-state index < -0.39 is 10.0 Å². The van der Waals surface area contributed by atoms with Gasteiger partial charge < -0.3 is 23.8 Å². The minimum atomic E-state index is -3.58. The molecule has 0 bridgehead atoms. The van der Waals surface area contributed by atoms with Gasteiger partial charge in [-0.25, -0.2) is 8.42 Å². The number of nitrogens with zero attached hydrogens (tertiary/aromatic N) is 3. The molecule has 1 aromatic heterocycles. The molecule has 2 aromatic carbocycles. The Balaban J connectivity index is 1.47. The van der Waals surface area contributed by atoms with Gasteiger partial charge in [0.25, 0.3) is 0 Å². The van der Waals surface area contributed by atoms with E-state index in [2.05, 4.69) is 9.88 Å². The topological polar surface area (TPSA) is 90.4 Å². The third-order valence-corrected chi connectivity index (χ3v) is 8.34. The summed E-state index contributed by atoms with van der Waals surface area (Å²) < 4.78 is 50.3. The van der Waals surface area contributed by atoms with E-state index in [1.54, 1.807) is 25.4 Å². The highest BCUT2D eigenvalue weighted by atomic mass is 32.2. The molecule has 3 heterocycles. The van der Waals surface area contributed by atoms with Gasteiger partial charge in [-0.3, -0.25) is 4.98 Å². The van der Waals surface area contributed by atoms with Gasteiger partial charge in [-0.05, 0) is 54.4 Å². The summed E-state index contributed by atoms with van der Waals surface area (Å²) >= 11 is 0. The highest BCUT2D eigenvalue weighted by Gasteiger charge is 2.27. The molecule has 10 heteroatoms. The fraction of sp³-hybridized carbons (Fsp3) is 0.370. The molecule has 0 saturated carbocycles. The third-order valence-electron chi connectivity index (χ3n) is 6.42. The average Bonchev–Trinajstić information content (AvgIpc) is 3.46. The number of sulfonamides is 1. The van der Waals surface area contributed by atoms with E-state index in [-0.39, 0.29) is 11.2 Å². The lowest BCUT2D eigenvalue weighted by molar-refractivity contribution is -0.0402. The number of hydrogen-bond acceptors (Lipinski definition) is 8. The van der Waals surface area contributed by atoms with Crippen LogP contribution in [0.1, 0.15) is 18.4 Å². The number of anilines is 2. The normalized spacial score (nSPS) is 18.5. The molecule has 2 aliphatic rings. The van der Waals surface area contributed by atoms with Gasteiger partial charge in [0.2, 0.25) is 10.0 Å². The number of methoxy groups -OCH3 is 1. The smallest absolute Gasteiger partial charge is 0.243 e. The molecule has 0 aliphatic carbocycles. The molecule has 0 radical (unpaired) electrons. The van der Waals surface area contributed by atoms with Crippen LogP contribution in [-0.4, -0.2) is 64.0 Å². The van der Waals surface area contributed by atoms with Gasteiger partial charge in [-0.2, -0.15) is 4.31 Å². The van der Waals surface area contributed by atoms with E-state index in [9.17, 15) is 8.42 Å². The van der Waals surface area contributed by atoms with Crippen molar-refractivity contribution in [3.63, 3.8) is 0 Å². The quantitative estimate of drug-likeness (QED) is 0.415. The predicted octanol–water partition coefficient (Wildman–Crippen LogP) is 3.96. The first-order valence-corrected chi connectivity index (χ1v) is 13.8. The first-order valence-electron chi connectivity index (χ1n) is 12.4. The van der Waals surface area contributed by atoms with Crippen LogP contribution in [0.5, 0.6) is 11.5 Å². The summed E-state index contributed by atoms with van der Waals surface area (Å²) in [6.45, 7) is 2.73. The molecule has 0 amide bonds. The van der Waals surface area contributed by atoms with Crippen molar-refractivity contribution < 1.29 is 27.4 Å². The standard InChI is InChI=1S/C27H31N3O6S/c1-33-25-11-8-23(18-26(25)36-27-5-3-15-35-27)30(20-21-4-2-12-28-19-21)22-6-9-24(10-7-22)37(31,32)29-13-16-34-17-14-29/h2,4,6-12,18-19,27H,3,5,13-17,20H2,1H3. The van der Waals surface area contributed by atoms with Crippen LogP contribution in [0, 0.1) is 0 Å². The Hall–Kier alpha value is -3.18. The number of pyridine rings is 1. The minimum Gasteiger partial charge on any atom is -0.493 e. The molecule has 1 atom stereocenters. The van der Waals surface area contributed by atoms with Gasteiger partial charge in [0, 0.05) is 55.9 Å². The molecule has 9 nitrogen and oxygen atoms in total. The second kappa shape index (κ2) is 11.5. The Morgan fingerprint density at radius 3 is 2.49 bits per heavy atom. The SMILES string of the molecule is COc1ccc(N(Cc2cccnc2)c2ccc(S(=O)(=O)N3CCOCC3)cc2)cc1OC1CCCO1. The second-order valence-electron chi connectivity index (χ2n) is 8.85. The van der Waals surface area contributed by atoms with Crippen LogP contribution in [0.15, 0.2) is 71.9 Å². The van der Waals surface area contributed by atoms with Crippen molar-refractivity contribution in [1.82, 2.24) is 9.29 Å². The molecule has 5 rings (SSSR count). The lowest BCUT2D eigenvalue weighted by Crippen LogP contribution is -2.40. The van der Waals surface area contributed by atoms with Crippen molar-refractivity contribution in [3.8, 4) is 11.5 Å². The van der Waals surface area contributed by atoms with Gasteiger partial charge >= 0.3 is 0 Å². The fourth-order valence-electron chi connectivity index (χ4n) is 4.45. The third kappa shape index (κ3) is 5.88. The zero-order chi connectivity index (χ0) is 25.7. The molecule has 2 fully saturated rings. The molecular weight excluding hydrogens is 494 g/mol. The lowest BCUT2D eigenvalue weighted by atomic mass is 10.2. The first-order chi connectivity index (χ1) is 18.0. The molecule has 2 saturated heterocycles. The van der Waals surface area contributed by atoms with Crippen LogP contribution >= 0.6 is 0 Å². The van der Waals surface area contributed by atoms with Crippen LogP contribution in [0.3, 0.4) is 0 Å². The van der Waals surface area contributed by atoms with E-state index in [1.807, 2.05) is 48.7 Å². The van der Waals surface area contributed by atoms with Gasteiger partial charge in [-0.15, -0.1) is 0 Å². The van der Waals surface area contributed by atoms with Crippen molar-refractivity contribution >= 4 is 21.4 Å². The van der Waals surface area contributed by atoms with Gasteiger partial charge in [0.05, 0.1) is 31.8 Å². The summed E-state index contributed by atoms with van der Waals surface area (Å²) in [5.74, 6) is 1.21. The van der Waals surface area contributed by atoms with E-state index in [1.165, 1.54) is 4.31 Å². The van der Waals surface area contributed by atoms with E-state index in [0.29, 0.717) is 51.0 Å². The number of rotatable bonds is 9.